The molecule has 4 heteroatoms. The van der Waals surface area contributed by atoms with E-state index in [1.807, 2.05) is 19.1 Å². The highest BCUT2D eigenvalue weighted by molar-refractivity contribution is 5.64. The van der Waals surface area contributed by atoms with Crippen molar-refractivity contribution >= 4 is 11.4 Å². The predicted octanol–water partition coefficient (Wildman–Crippen LogP) is 4.98. The number of aryl methyl sites for hydroxylation is 3. The molecule has 0 fully saturated rings. The van der Waals surface area contributed by atoms with E-state index in [9.17, 15) is 10.1 Å². The van der Waals surface area contributed by atoms with Gasteiger partial charge in [-0.2, -0.15) is 0 Å². The lowest BCUT2D eigenvalue weighted by molar-refractivity contribution is -0.384. The second kappa shape index (κ2) is 8.29. The topological polar surface area (TPSA) is 55.2 Å². The molecule has 126 valence electrons. The summed E-state index contributed by atoms with van der Waals surface area (Å²) in [6.07, 6.45) is 4.40. The van der Waals surface area contributed by atoms with Crippen LogP contribution in [0.3, 0.4) is 0 Å². The van der Waals surface area contributed by atoms with Crippen molar-refractivity contribution in [3.8, 4) is 0 Å². The first-order valence-electron chi connectivity index (χ1n) is 8.19. The van der Waals surface area contributed by atoms with Crippen molar-refractivity contribution in [1.29, 1.82) is 0 Å². The Morgan fingerprint density at radius 2 is 2.04 bits per heavy atom. The van der Waals surface area contributed by atoms with E-state index in [0.29, 0.717) is 18.7 Å². The first-order chi connectivity index (χ1) is 11.5. The molecule has 2 aromatic rings. The summed E-state index contributed by atoms with van der Waals surface area (Å²) in [6, 6.07) is 12.0. The van der Waals surface area contributed by atoms with Gasteiger partial charge in [0.25, 0.3) is 5.69 Å². The molecule has 0 amide bonds. The Morgan fingerprint density at radius 1 is 1.25 bits per heavy atom. The van der Waals surface area contributed by atoms with Crippen molar-refractivity contribution in [3.63, 3.8) is 0 Å². The number of nitro groups is 1. The van der Waals surface area contributed by atoms with Gasteiger partial charge in [-0.05, 0) is 55.9 Å². The second-order valence-corrected chi connectivity index (χ2v) is 6.07. The summed E-state index contributed by atoms with van der Waals surface area (Å²) < 4.78 is 0. The van der Waals surface area contributed by atoms with Crippen LogP contribution < -0.4 is 5.32 Å². The zero-order valence-corrected chi connectivity index (χ0v) is 14.3. The number of nitrogens with one attached hydrogen (secondary N) is 1. The van der Waals surface area contributed by atoms with Crippen molar-refractivity contribution in [2.24, 2.45) is 0 Å². The SMILES string of the molecule is C=CCc1cc(NCCCc2cccc(C)c2)c([N+](=O)[O-])cc1C. The molecule has 0 radical (unpaired) electrons. The van der Waals surface area contributed by atoms with Crippen LogP contribution in [-0.4, -0.2) is 11.5 Å². The summed E-state index contributed by atoms with van der Waals surface area (Å²) in [4.78, 5) is 11.0. The zero-order chi connectivity index (χ0) is 17.5. The number of nitro benzene ring substituents is 1. The number of rotatable bonds is 8. The van der Waals surface area contributed by atoms with Gasteiger partial charge in [0.1, 0.15) is 5.69 Å². The highest BCUT2D eigenvalue weighted by atomic mass is 16.6. The Morgan fingerprint density at radius 3 is 2.71 bits per heavy atom. The molecular formula is C20H24N2O2. The third-order valence-electron chi connectivity index (χ3n) is 4.06. The van der Waals surface area contributed by atoms with E-state index in [4.69, 9.17) is 0 Å². The fourth-order valence-electron chi connectivity index (χ4n) is 2.79. The maximum absolute atomic E-state index is 11.3. The first kappa shape index (κ1) is 17.7. The van der Waals surface area contributed by atoms with Crippen LogP contribution in [0.15, 0.2) is 49.1 Å². The van der Waals surface area contributed by atoms with Crippen molar-refractivity contribution < 1.29 is 4.92 Å². The molecule has 0 aliphatic rings. The van der Waals surface area contributed by atoms with Crippen LogP contribution in [0.5, 0.6) is 0 Å². The Hall–Kier alpha value is -2.62. The zero-order valence-electron chi connectivity index (χ0n) is 14.3. The third-order valence-corrected chi connectivity index (χ3v) is 4.06. The molecular weight excluding hydrogens is 300 g/mol. The highest BCUT2D eigenvalue weighted by Gasteiger charge is 2.15. The summed E-state index contributed by atoms with van der Waals surface area (Å²) >= 11 is 0. The van der Waals surface area contributed by atoms with Crippen LogP contribution in [0, 0.1) is 24.0 Å². The molecule has 0 unspecified atom stereocenters. The lowest BCUT2D eigenvalue weighted by Crippen LogP contribution is -2.07. The van der Waals surface area contributed by atoms with Crippen LogP contribution in [0.25, 0.3) is 0 Å². The summed E-state index contributed by atoms with van der Waals surface area (Å²) in [7, 11) is 0. The van der Waals surface area contributed by atoms with E-state index in [0.717, 1.165) is 24.0 Å². The van der Waals surface area contributed by atoms with Gasteiger partial charge in [-0.25, -0.2) is 0 Å². The Kier molecular flexibility index (Phi) is 6.13. The van der Waals surface area contributed by atoms with Gasteiger partial charge in [0.05, 0.1) is 4.92 Å². The van der Waals surface area contributed by atoms with E-state index in [2.05, 4.69) is 43.1 Å². The maximum atomic E-state index is 11.3. The van der Waals surface area contributed by atoms with Gasteiger partial charge < -0.3 is 5.32 Å². The number of benzene rings is 2. The standard InChI is InChI=1S/C20H24N2O2/c1-4-7-18-14-19(20(22(23)24)13-16(18)3)21-11-6-10-17-9-5-8-15(2)12-17/h4-5,8-9,12-14,21H,1,6-7,10-11H2,2-3H3. The monoisotopic (exact) mass is 324 g/mol. The summed E-state index contributed by atoms with van der Waals surface area (Å²) in [5, 5.41) is 14.5. The summed E-state index contributed by atoms with van der Waals surface area (Å²) in [5.74, 6) is 0. The normalized spacial score (nSPS) is 10.4. The van der Waals surface area contributed by atoms with Gasteiger partial charge in [0.15, 0.2) is 0 Å². The van der Waals surface area contributed by atoms with Crippen LogP contribution in [0.4, 0.5) is 11.4 Å². The molecule has 1 N–H and O–H groups in total. The lowest BCUT2D eigenvalue weighted by Gasteiger charge is -2.11. The average molecular weight is 324 g/mol. The number of anilines is 1. The van der Waals surface area contributed by atoms with E-state index in [-0.39, 0.29) is 10.6 Å². The predicted molar refractivity (Wildman–Crippen MR) is 99.7 cm³/mol. The molecule has 0 bridgehead atoms. The molecule has 0 spiro atoms. The van der Waals surface area contributed by atoms with E-state index >= 15 is 0 Å². The van der Waals surface area contributed by atoms with Gasteiger partial charge in [-0.15, -0.1) is 6.58 Å². The fraction of sp³-hybridized carbons (Fsp3) is 0.300. The molecule has 0 aromatic heterocycles. The van der Waals surface area contributed by atoms with Gasteiger partial charge in [0, 0.05) is 12.6 Å². The minimum atomic E-state index is -0.326. The van der Waals surface area contributed by atoms with Crippen LogP contribution in [0.2, 0.25) is 0 Å². The lowest BCUT2D eigenvalue weighted by atomic mass is 10.0. The molecule has 0 saturated heterocycles. The molecule has 0 heterocycles. The fourth-order valence-corrected chi connectivity index (χ4v) is 2.79. The van der Waals surface area contributed by atoms with Gasteiger partial charge in [-0.1, -0.05) is 35.9 Å². The van der Waals surface area contributed by atoms with Crippen molar-refractivity contribution in [3.05, 3.63) is 81.4 Å². The second-order valence-electron chi connectivity index (χ2n) is 6.07. The Labute approximate surface area is 143 Å². The number of nitrogens with zero attached hydrogens (tertiary/aromatic N) is 1. The Bertz CT molecular complexity index is 738. The summed E-state index contributed by atoms with van der Waals surface area (Å²) in [5.41, 5.74) is 5.26. The van der Waals surface area contributed by atoms with Gasteiger partial charge in [0.2, 0.25) is 0 Å². The molecule has 4 nitrogen and oxygen atoms in total. The van der Waals surface area contributed by atoms with E-state index < -0.39 is 0 Å². The van der Waals surface area contributed by atoms with Crippen molar-refractivity contribution in [1.82, 2.24) is 0 Å². The highest BCUT2D eigenvalue weighted by Crippen LogP contribution is 2.28. The van der Waals surface area contributed by atoms with Gasteiger partial charge in [-0.3, -0.25) is 10.1 Å². The largest absolute Gasteiger partial charge is 0.379 e. The minimum absolute atomic E-state index is 0.135. The van der Waals surface area contributed by atoms with Gasteiger partial charge >= 0.3 is 0 Å². The molecule has 0 aliphatic carbocycles. The Balaban J connectivity index is 2.03. The van der Waals surface area contributed by atoms with E-state index in [1.54, 1.807) is 6.07 Å². The third kappa shape index (κ3) is 4.69. The smallest absolute Gasteiger partial charge is 0.292 e. The molecule has 24 heavy (non-hydrogen) atoms. The number of hydrogen-bond donors (Lipinski definition) is 1. The number of hydrogen-bond acceptors (Lipinski definition) is 3. The quantitative estimate of drug-likeness (QED) is 0.322. The minimum Gasteiger partial charge on any atom is -0.379 e. The molecule has 0 aliphatic heterocycles. The number of allylic oxidation sites excluding steroid dienone is 1. The van der Waals surface area contributed by atoms with Crippen LogP contribution in [-0.2, 0) is 12.8 Å². The van der Waals surface area contributed by atoms with E-state index in [1.165, 1.54) is 11.1 Å². The molecule has 2 rings (SSSR count). The molecule has 2 aromatic carbocycles. The maximum Gasteiger partial charge on any atom is 0.292 e. The summed E-state index contributed by atoms with van der Waals surface area (Å²) in [6.45, 7) is 8.42. The van der Waals surface area contributed by atoms with Crippen molar-refractivity contribution in [2.75, 3.05) is 11.9 Å². The molecule has 0 saturated carbocycles. The van der Waals surface area contributed by atoms with Crippen LogP contribution in [0.1, 0.15) is 28.7 Å². The average Bonchev–Trinajstić information content (AvgIpc) is 2.54. The van der Waals surface area contributed by atoms with Crippen molar-refractivity contribution in [2.45, 2.75) is 33.1 Å². The van der Waals surface area contributed by atoms with Crippen LogP contribution >= 0.6 is 0 Å². The molecule has 0 atom stereocenters. The first-order valence-corrected chi connectivity index (χ1v) is 8.19.